The van der Waals surface area contributed by atoms with Crippen LogP contribution in [0.4, 0.5) is 0 Å². The van der Waals surface area contributed by atoms with Crippen molar-refractivity contribution in [2.45, 2.75) is 58.1 Å². The fourth-order valence-corrected chi connectivity index (χ4v) is 2.57. The minimum Gasteiger partial charge on any atom is -0.464 e. The lowest BCUT2D eigenvalue weighted by atomic mass is 10.0. The Morgan fingerprint density at radius 1 is 1.50 bits per heavy atom. The summed E-state index contributed by atoms with van der Waals surface area (Å²) in [4.78, 5) is 24.0. The van der Waals surface area contributed by atoms with Gasteiger partial charge in [0.15, 0.2) is 6.04 Å². The van der Waals surface area contributed by atoms with Crippen LogP contribution in [-0.4, -0.2) is 48.0 Å². The van der Waals surface area contributed by atoms with E-state index < -0.39 is 12.0 Å². The van der Waals surface area contributed by atoms with E-state index in [0.29, 0.717) is 19.6 Å². The molecule has 0 aromatic heterocycles. The smallest absolute Gasteiger partial charge is 0.331 e. The molecule has 0 saturated carbocycles. The summed E-state index contributed by atoms with van der Waals surface area (Å²) in [6, 6.07) is -0.622. The Balaban J connectivity index is 2.08. The van der Waals surface area contributed by atoms with Crippen LogP contribution in [0.15, 0.2) is 5.10 Å². The van der Waals surface area contributed by atoms with Crippen molar-refractivity contribution < 1.29 is 19.1 Å². The van der Waals surface area contributed by atoms with Gasteiger partial charge in [-0.15, -0.1) is 0 Å². The zero-order valence-electron chi connectivity index (χ0n) is 12.1. The molecule has 0 aromatic rings. The second-order valence-electron chi connectivity index (χ2n) is 5.04. The van der Waals surface area contributed by atoms with E-state index >= 15 is 0 Å². The van der Waals surface area contributed by atoms with E-state index in [1.165, 1.54) is 5.01 Å². The molecule has 1 fully saturated rings. The Morgan fingerprint density at radius 3 is 2.90 bits per heavy atom. The first-order valence-electron chi connectivity index (χ1n) is 7.35. The summed E-state index contributed by atoms with van der Waals surface area (Å²) < 4.78 is 10.7. The van der Waals surface area contributed by atoms with E-state index in [1.807, 2.05) is 6.92 Å². The summed E-state index contributed by atoms with van der Waals surface area (Å²) in [5, 5.41) is 5.62. The molecule has 1 amide bonds. The number of amides is 1. The molecule has 2 aliphatic heterocycles. The molecule has 1 saturated heterocycles. The average Bonchev–Trinajstić information content (AvgIpc) is 2.83. The number of nitrogens with zero attached hydrogens (tertiary/aromatic N) is 2. The third-order valence-corrected chi connectivity index (χ3v) is 3.62. The number of esters is 1. The van der Waals surface area contributed by atoms with Crippen molar-refractivity contribution in [3.05, 3.63) is 0 Å². The molecule has 0 bridgehead atoms. The molecule has 112 valence electrons. The fraction of sp³-hybridized carbons (Fsp3) is 0.786. The van der Waals surface area contributed by atoms with E-state index in [1.54, 1.807) is 6.92 Å². The lowest BCUT2D eigenvalue weighted by Gasteiger charge is -2.22. The largest absolute Gasteiger partial charge is 0.464 e. The second-order valence-corrected chi connectivity index (χ2v) is 5.04. The minimum atomic E-state index is -0.622. The van der Waals surface area contributed by atoms with Gasteiger partial charge in [0, 0.05) is 6.61 Å². The first-order chi connectivity index (χ1) is 9.67. The van der Waals surface area contributed by atoms with Crippen molar-refractivity contribution in [2.24, 2.45) is 5.10 Å². The first-order valence-corrected chi connectivity index (χ1v) is 7.35. The summed E-state index contributed by atoms with van der Waals surface area (Å²) in [6.45, 7) is 4.62. The van der Waals surface area contributed by atoms with Gasteiger partial charge in [0.25, 0.3) is 0 Å². The van der Waals surface area contributed by atoms with Crippen LogP contribution in [0.2, 0.25) is 0 Å². The van der Waals surface area contributed by atoms with Crippen LogP contribution < -0.4 is 0 Å². The fourth-order valence-electron chi connectivity index (χ4n) is 2.57. The van der Waals surface area contributed by atoms with Crippen LogP contribution in [0.3, 0.4) is 0 Å². The highest BCUT2D eigenvalue weighted by Gasteiger charge is 2.37. The highest BCUT2D eigenvalue weighted by atomic mass is 16.5. The Hall–Kier alpha value is -1.43. The van der Waals surface area contributed by atoms with Gasteiger partial charge in [0.1, 0.15) is 0 Å². The maximum Gasteiger partial charge on any atom is 0.331 e. The normalized spacial score (nSPS) is 24.5. The van der Waals surface area contributed by atoms with Gasteiger partial charge in [-0.1, -0.05) is 6.92 Å². The van der Waals surface area contributed by atoms with E-state index in [4.69, 9.17) is 9.47 Å². The second kappa shape index (κ2) is 6.83. The Bertz CT molecular complexity index is 402. The van der Waals surface area contributed by atoms with Gasteiger partial charge in [0.05, 0.1) is 24.8 Å². The molecule has 0 radical (unpaired) electrons. The molecular weight excluding hydrogens is 260 g/mol. The quantitative estimate of drug-likeness (QED) is 0.716. The first kappa shape index (κ1) is 15.0. The van der Waals surface area contributed by atoms with Crippen molar-refractivity contribution in [1.29, 1.82) is 0 Å². The van der Waals surface area contributed by atoms with Crippen LogP contribution in [0.25, 0.3) is 0 Å². The third-order valence-electron chi connectivity index (χ3n) is 3.62. The number of carbonyl (C=O) groups excluding carboxylic acids is 2. The predicted molar refractivity (Wildman–Crippen MR) is 73.2 cm³/mol. The summed E-state index contributed by atoms with van der Waals surface area (Å²) in [5.74, 6) is -0.535. The molecular formula is C14H22N2O4. The van der Waals surface area contributed by atoms with Crippen LogP contribution in [0, 0.1) is 0 Å². The summed E-state index contributed by atoms with van der Waals surface area (Å²) in [7, 11) is 0. The monoisotopic (exact) mass is 282 g/mol. The Kier molecular flexibility index (Phi) is 5.11. The van der Waals surface area contributed by atoms with Gasteiger partial charge in [-0.25, -0.2) is 9.80 Å². The number of rotatable bonds is 5. The van der Waals surface area contributed by atoms with E-state index in [-0.39, 0.29) is 18.4 Å². The highest BCUT2D eigenvalue weighted by molar-refractivity contribution is 6.08. The topological polar surface area (TPSA) is 68.2 Å². The van der Waals surface area contributed by atoms with Crippen LogP contribution in [0.5, 0.6) is 0 Å². The van der Waals surface area contributed by atoms with Gasteiger partial charge < -0.3 is 9.47 Å². The minimum absolute atomic E-state index is 0.0719. The lowest BCUT2D eigenvalue weighted by Crippen LogP contribution is -2.40. The van der Waals surface area contributed by atoms with Crippen LogP contribution in [0.1, 0.15) is 46.0 Å². The van der Waals surface area contributed by atoms with Gasteiger partial charge in [-0.05, 0) is 32.6 Å². The van der Waals surface area contributed by atoms with Crippen molar-refractivity contribution >= 4 is 17.6 Å². The zero-order valence-corrected chi connectivity index (χ0v) is 12.1. The van der Waals surface area contributed by atoms with Crippen molar-refractivity contribution in [2.75, 3.05) is 13.2 Å². The summed E-state index contributed by atoms with van der Waals surface area (Å²) in [5.41, 5.74) is 0.748. The zero-order chi connectivity index (χ0) is 14.5. The molecule has 2 rings (SSSR count). The summed E-state index contributed by atoms with van der Waals surface area (Å²) >= 11 is 0. The van der Waals surface area contributed by atoms with Crippen LogP contribution >= 0.6 is 0 Å². The van der Waals surface area contributed by atoms with Crippen molar-refractivity contribution in [3.8, 4) is 0 Å². The molecule has 2 atom stereocenters. The van der Waals surface area contributed by atoms with Crippen molar-refractivity contribution in [1.82, 2.24) is 5.01 Å². The summed E-state index contributed by atoms with van der Waals surface area (Å²) in [6.07, 6.45) is 3.72. The van der Waals surface area contributed by atoms with E-state index in [2.05, 4.69) is 5.10 Å². The number of carbonyl (C=O) groups is 2. The maximum atomic E-state index is 12.1. The van der Waals surface area contributed by atoms with Gasteiger partial charge >= 0.3 is 5.97 Å². The Morgan fingerprint density at radius 2 is 2.30 bits per heavy atom. The van der Waals surface area contributed by atoms with Gasteiger partial charge in [0.2, 0.25) is 5.91 Å². The molecule has 2 aliphatic rings. The molecule has 0 N–H and O–H groups in total. The maximum absolute atomic E-state index is 12.1. The number of ether oxygens (including phenoxy) is 2. The van der Waals surface area contributed by atoms with E-state index in [9.17, 15) is 9.59 Å². The van der Waals surface area contributed by atoms with Gasteiger partial charge in [-0.2, -0.15) is 5.10 Å². The molecule has 0 aliphatic carbocycles. The van der Waals surface area contributed by atoms with E-state index in [0.717, 1.165) is 25.0 Å². The standard InChI is InChI=1S/C14H22N2O4/c1-3-11(14(18)19-4-2)16-13(17)9-10(15-16)12-7-5-6-8-20-12/h11-12H,3-9H2,1-2H3. The lowest BCUT2D eigenvalue weighted by molar-refractivity contribution is -0.154. The third kappa shape index (κ3) is 3.17. The molecule has 2 unspecified atom stereocenters. The van der Waals surface area contributed by atoms with Crippen molar-refractivity contribution in [3.63, 3.8) is 0 Å². The number of hydrogen-bond acceptors (Lipinski definition) is 5. The van der Waals surface area contributed by atoms with Crippen LogP contribution in [-0.2, 0) is 19.1 Å². The average molecular weight is 282 g/mol. The molecule has 0 spiro atoms. The molecule has 20 heavy (non-hydrogen) atoms. The molecule has 2 heterocycles. The molecule has 6 nitrogen and oxygen atoms in total. The number of hydrazone groups is 1. The predicted octanol–water partition coefficient (Wildman–Crippen LogP) is 1.49. The Labute approximate surface area is 119 Å². The molecule has 6 heteroatoms. The SMILES string of the molecule is CCOC(=O)C(CC)N1N=C(C2CCCCO2)CC1=O. The highest BCUT2D eigenvalue weighted by Crippen LogP contribution is 2.23. The number of hydrogen-bond donors (Lipinski definition) is 0. The van der Waals surface area contributed by atoms with Gasteiger partial charge in [-0.3, -0.25) is 4.79 Å². The molecule has 0 aromatic carbocycles.